The lowest BCUT2D eigenvalue weighted by atomic mass is 10.1. The Hall–Kier alpha value is -3.75. The van der Waals surface area contributed by atoms with Gasteiger partial charge in [0.1, 0.15) is 12.4 Å². The topological polar surface area (TPSA) is 86.7 Å². The van der Waals surface area contributed by atoms with Crippen LogP contribution in [0.5, 0.6) is 17.4 Å². The molecular weight excluding hydrogens is 379 g/mol. The average molecular weight is 396 g/mol. The highest BCUT2D eigenvalue weighted by molar-refractivity contribution is 6.09. The summed E-state index contributed by atoms with van der Waals surface area (Å²) in [6.07, 6.45) is 4.41. The molecular formula is C20H17FN4O4. The number of amides is 1. The van der Waals surface area contributed by atoms with Gasteiger partial charge in [0.05, 0.1) is 45.0 Å². The van der Waals surface area contributed by atoms with E-state index in [4.69, 9.17) is 14.2 Å². The molecule has 0 spiro atoms. The Morgan fingerprint density at radius 3 is 2.59 bits per heavy atom. The summed E-state index contributed by atoms with van der Waals surface area (Å²) < 4.78 is 30.1. The fourth-order valence-electron chi connectivity index (χ4n) is 2.93. The number of carbonyl (C=O) groups is 1. The Labute approximate surface area is 165 Å². The minimum atomic E-state index is -0.548. The molecule has 0 unspecified atom stereocenters. The van der Waals surface area contributed by atoms with Crippen molar-refractivity contribution in [3.8, 4) is 17.4 Å². The molecule has 1 aliphatic heterocycles. The minimum absolute atomic E-state index is 0.0163. The molecule has 4 rings (SSSR count). The fourth-order valence-corrected chi connectivity index (χ4v) is 2.93. The lowest BCUT2D eigenvalue weighted by Gasteiger charge is -2.13. The van der Waals surface area contributed by atoms with Crippen LogP contribution in [0.4, 0.5) is 10.2 Å². The number of nitrogens with zero attached hydrogens (tertiary/aromatic N) is 4. The number of rotatable bonds is 6. The number of fused-ring (bicyclic) bond motifs is 1. The first kappa shape index (κ1) is 18.6. The molecule has 0 saturated heterocycles. The number of hydrogen-bond donors (Lipinski definition) is 0. The van der Waals surface area contributed by atoms with Crippen molar-refractivity contribution in [3.05, 3.63) is 65.5 Å². The number of hydrogen-bond acceptors (Lipinski definition) is 7. The molecule has 1 amide bonds. The molecule has 9 heteroatoms. The third-order valence-corrected chi connectivity index (χ3v) is 4.47. The highest BCUT2D eigenvalue weighted by Crippen LogP contribution is 2.32. The highest BCUT2D eigenvalue weighted by Gasteiger charge is 2.31. The van der Waals surface area contributed by atoms with Crippen molar-refractivity contribution < 1.29 is 23.4 Å². The Morgan fingerprint density at radius 1 is 1.07 bits per heavy atom. The number of aromatic nitrogens is 3. The highest BCUT2D eigenvalue weighted by atomic mass is 19.1. The maximum atomic E-state index is 14.5. The Balaban J connectivity index is 1.52. The summed E-state index contributed by atoms with van der Waals surface area (Å²) in [5.74, 6) is 0.450. The summed E-state index contributed by atoms with van der Waals surface area (Å²) in [5, 5.41) is 0. The van der Waals surface area contributed by atoms with Crippen LogP contribution in [-0.4, -0.2) is 35.1 Å². The van der Waals surface area contributed by atoms with Crippen LogP contribution in [0.25, 0.3) is 0 Å². The normalized spacial score (nSPS) is 12.7. The first-order valence-corrected chi connectivity index (χ1v) is 8.71. The molecule has 8 nitrogen and oxygen atoms in total. The molecule has 0 bridgehead atoms. The zero-order valence-corrected chi connectivity index (χ0v) is 15.8. The van der Waals surface area contributed by atoms with Gasteiger partial charge in [-0.1, -0.05) is 0 Å². The Morgan fingerprint density at radius 2 is 1.93 bits per heavy atom. The number of pyridine rings is 1. The quantitative estimate of drug-likeness (QED) is 0.633. The van der Waals surface area contributed by atoms with Gasteiger partial charge < -0.3 is 14.2 Å². The monoisotopic (exact) mass is 396 g/mol. The van der Waals surface area contributed by atoms with Crippen molar-refractivity contribution in [3.63, 3.8) is 0 Å². The Bertz CT molecular complexity index is 1040. The standard InChI is InChI=1S/C20H17FN4O4/c1-27-14-4-3-13(22-7-14)11-29-17-6-15-12(5-16(17)21)10-25(20(15)26)18-8-24-19(28-2)9-23-18/h3-9H,10-11H2,1-2H3. The molecule has 3 aromatic rings. The van der Waals surface area contributed by atoms with E-state index in [1.807, 2.05) is 0 Å². The summed E-state index contributed by atoms with van der Waals surface area (Å²) in [6, 6.07) is 6.18. The summed E-state index contributed by atoms with van der Waals surface area (Å²) in [4.78, 5) is 26.6. The van der Waals surface area contributed by atoms with E-state index in [0.29, 0.717) is 34.3 Å². The summed E-state index contributed by atoms with van der Waals surface area (Å²) >= 11 is 0. The number of anilines is 1. The largest absolute Gasteiger partial charge is 0.495 e. The van der Waals surface area contributed by atoms with Crippen molar-refractivity contribution >= 4 is 11.7 Å². The van der Waals surface area contributed by atoms with E-state index in [9.17, 15) is 9.18 Å². The van der Waals surface area contributed by atoms with E-state index in [1.165, 1.54) is 36.5 Å². The van der Waals surface area contributed by atoms with Crippen molar-refractivity contribution in [1.82, 2.24) is 15.0 Å². The van der Waals surface area contributed by atoms with E-state index in [1.54, 1.807) is 25.4 Å². The number of ether oxygens (including phenoxy) is 3. The van der Waals surface area contributed by atoms with Crippen molar-refractivity contribution in [2.24, 2.45) is 0 Å². The Kier molecular flexibility index (Phi) is 4.94. The van der Waals surface area contributed by atoms with Gasteiger partial charge in [0, 0.05) is 5.56 Å². The second-order valence-electron chi connectivity index (χ2n) is 6.23. The predicted molar refractivity (Wildman–Crippen MR) is 101 cm³/mol. The first-order valence-electron chi connectivity index (χ1n) is 8.71. The van der Waals surface area contributed by atoms with Crippen LogP contribution >= 0.6 is 0 Å². The molecule has 0 fully saturated rings. The van der Waals surface area contributed by atoms with Gasteiger partial charge in [-0.2, -0.15) is 0 Å². The molecule has 148 valence electrons. The zero-order valence-electron chi connectivity index (χ0n) is 15.8. The van der Waals surface area contributed by atoms with Gasteiger partial charge in [-0.05, 0) is 29.8 Å². The molecule has 1 aromatic carbocycles. The second-order valence-corrected chi connectivity index (χ2v) is 6.23. The number of halogens is 1. The van der Waals surface area contributed by atoms with E-state index in [-0.39, 0.29) is 24.8 Å². The third-order valence-electron chi connectivity index (χ3n) is 4.47. The average Bonchev–Trinajstić information content (AvgIpc) is 3.07. The van der Waals surface area contributed by atoms with Crippen LogP contribution in [-0.2, 0) is 13.2 Å². The lowest BCUT2D eigenvalue weighted by molar-refractivity contribution is 0.0995. The molecule has 0 atom stereocenters. The molecule has 0 aliphatic carbocycles. The molecule has 3 heterocycles. The lowest BCUT2D eigenvalue weighted by Crippen LogP contribution is -2.24. The predicted octanol–water partition coefficient (Wildman–Crippen LogP) is 2.77. The number of benzene rings is 1. The molecule has 0 radical (unpaired) electrons. The fraction of sp³-hybridized carbons (Fsp3) is 0.200. The molecule has 0 N–H and O–H groups in total. The van der Waals surface area contributed by atoms with Gasteiger partial charge in [-0.25, -0.2) is 14.4 Å². The SMILES string of the molecule is COc1ccc(COc2cc3c(cc2F)CN(c2cnc(OC)cn2)C3=O)nc1. The second kappa shape index (κ2) is 7.70. The van der Waals surface area contributed by atoms with E-state index in [2.05, 4.69) is 15.0 Å². The van der Waals surface area contributed by atoms with Crippen LogP contribution in [0.15, 0.2) is 42.9 Å². The van der Waals surface area contributed by atoms with Gasteiger partial charge in [-0.3, -0.25) is 14.7 Å². The molecule has 1 aliphatic rings. The van der Waals surface area contributed by atoms with Gasteiger partial charge >= 0.3 is 0 Å². The summed E-state index contributed by atoms with van der Waals surface area (Å²) in [5.41, 5.74) is 1.52. The maximum Gasteiger partial charge on any atom is 0.260 e. The van der Waals surface area contributed by atoms with Crippen LogP contribution in [0.3, 0.4) is 0 Å². The number of carbonyl (C=O) groups excluding carboxylic acids is 1. The number of methoxy groups -OCH3 is 2. The van der Waals surface area contributed by atoms with Crippen LogP contribution in [0.2, 0.25) is 0 Å². The summed E-state index contributed by atoms with van der Waals surface area (Å²) in [7, 11) is 3.03. The van der Waals surface area contributed by atoms with Crippen molar-refractivity contribution in [1.29, 1.82) is 0 Å². The van der Waals surface area contributed by atoms with E-state index < -0.39 is 5.82 Å². The smallest absolute Gasteiger partial charge is 0.260 e. The first-order chi connectivity index (χ1) is 14.1. The van der Waals surface area contributed by atoms with Crippen LogP contribution in [0.1, 0.15) is 21.6 Å². The van der Waals surface area contributed by atoms with Gasteiger partial charge in [0.25, 0.3) is 5.91 Å². The summed E-state index contributed by atoms with van der Waals surface area (Å²) in [6.45, 7) is 0.258. The van der Waals surface area contributed by atoms with Gasteiger partial charge in [0.2, 0.25) is 5.88 Å². The van der Waals surface area contributed by atoms with Crippen molar-refractivity contribution in [2.75, 3.05) is 19.1 Å². The molecule has 0 saturated carbocycles. The minimum Gasteiger partial charge on any atom is -0.495 e. The molecule has 2 aromatic heterocycles. The van der Waals surface area contributed by atoms with Gasteiger partial charge in [0.15, 0.2) is 17.4 Å². The third kappa shape index (κ3) is 3.66. The zero-order chi connectivity index (χ0) is 20.4. The van der Waals surface area contributed by atoms with E-state index in [0.717, 1.165) is 0 Å². The van der Waals surface area contributed by atoms with E-state index >= 15 is 0 Å². The van der Waals surface area contributed by atoms with Gasteiger partial charge in [-0.15, -0.1) is 0 Å². The van der Waals surface area contributed by atoms with Crippen LogP contribution < -0.4 is 19.1 Å². The van der Waals surface area contributed by atoms with Crippen LogP contribution in [0, 0.1) is 5.82 Å². The molecule has 29 heavy (non-hydrogen) atoms. The maximum absolute atomic E-state index is 14.5. The van der Waals surface area contributed by atoms with Crippen molar-refractivity contribution in [2.45, 2.75) is 13.2 Å².